The molecule has 1 unspecified atom stereocenters. The Kier molecular flexibility index (Phi) is 3.85. The van der Waals surface area contributed by atoms with Gasteiger partial charge in [-0.15, -0.1) is 0 Å². The number of benzene rings is 3. The zero-order valence-corrected chi connectivity index (χ0v) is 12.2. The molecular weight excluding hydrogens is 254 g/mol. The molecule has 0 amide bonds. The molecule has 0 aliphatic rings. The molecule has 0 radical (unpaired) electrons. The van der Waals surface area contributed by atoms with E-state index in [4.69, 9.17) is 5.73 Å². The lowest BCUT2D eigenvalue weighted by molar-refractivity contribution is 0.870. The number of hydrogen-bond acceptors (Lipinski definition) is 1. The Balaban J connectivity index is 1.96. The van der Waals surface area contributed by atoms with E-state index in [2.05, 4.69) is 79.7 Å². The van der Waals surface area contributed by atoms with Crippen molar-refractivity contribution in [1.82, 2.24) is 0 Å². The van der Waals surface area contributed by atoms with Crippen LogP contribution < -0.4 is 5.73 Å². The number of nitrogens with two attached hydrogens (primary N) is 1. The van der Waals surface area contributed by atoms with E-state index in [0.29, 0.717) is 0 Å². The molecule has 104 valence electrons. The standard InChI is InChI=1S/C20H19N/c1-15-7-5-11-18(13-15)20(21)19-12-6-10-17(14-19)16-8-3-2-4-9-16/h2-14,20H,21H2,1H3. The highest BCUT2D eigenvalue weighted by Gasteiger charge is 2.09. The zero-order valence-electron chi connectivity index (χ0n) is 12.2. The van der Waals surface area contributed by atoms with Crippen molar-refractivity contribution in [3.63, 3.8) is 0 Å². The second kappa shape index (κ2) is 5.94. The Bertz CT molecular complexity index is 732. The molecule has 0 aliphatic carbocycles. The summed E-state index contributed by atoms with van der Waals surface area (Å²) in [4.78, 5) is 0. The van der Waals surface area contributed by atoms with Crippen LogP contribution in [0.2, 0.25) is 0 Å². The van der Waals surface area contributed by atoms with E-state index >= 15 is 0 Å². The summed E-state index contributed by atoms with van der Waals surface area (Å²) < 4.78 is 0. The fourth-order valence-corrected chi connectivity index (χ4v) is 2.60. The molecule has 0 aliphatic heterocycles. The fraction of sp³-hybridized carbons (Fsp3) is 0.100. The predicted octanol–water partition coefficient (Wildman–Crippen LogP) is 4.71. The fourth-order valence-electron chi connectivity index (χ4n) is 2.60. The smallest absolute Gasteiger partial charge is 0.0551 e. The third-order valence-electron chi connectivity index (χ3n) is 3.75. The van der Waals surface area contributed by atoms with E-state index in [9.17, 15) is 0 Å². The molecule has 1 atom stereocenters. The van der Waals surface area contributed by atoms with Crippen molar-refractivity contribution >= 4 is 0 Å². The van der Waals surface area contributed by atoms with E-state index < -0.39 is 0 Å². The maximum Gasteiger partial charge on any atom is 0.0551 e. The second-order valence-corrected chi connectivity index (χ2v) is 5.38. The van der Waals surface area contributed by atoms with Crippen LogP contribution in [0.1, 0.15) is 22.7 Å². The molecule has 3 aromatic rings. The van der Waals surface area contributed by atoms with Gasteiger partial charge >= 0.3 is 0 Å². The Hall–Kier alpha value is -2.38. The SMILES string of the molecule is Cc1cccc(C(N)c2cccc(-c3ccccc3)c2)c1. The Morgan fingerprint density at radius 1 is 0.667 bits per heavy atom. The van der Waals surface area contributed by atoms with Crippen molar-refractivity contribution in [2.24, 2.45) is 5.73 Å². The lowest BCUT2D eigenvalue weighted by atomic mass is 9.95. The lowest BCUT2D eigenvalue weighted by Crippen LogP contribution is -2.11. The maximum atomic E-state index is 6.43. The quantitative estimate of drug-likeness (QED) is 0.734. The van der Waals surface area contributed by atoms with Gasteiger partial charge in [0.15, 0.2) is 0 Å². The Morgan fingerprint density at radius 3 is 2.00 bits per heavy atom. The minimum absolute atomic E-state index is 0.0893. The van der Waals surface area contributed by atoms with Crippen LogP contribution in [0.15, 0.2) is 78.9 Å². The van der Waals surface area contributed by atoms with Gasteiger partial charge in [0.05, 0.1) is 6.04 Å². The van der Waals surface area contributed by atoms with E-state index in [1.54, 1.807) is 0 Å². The molecule has 1 heteroatoms. The van der Waals surface area contributed by atoms with Crippen molar-refractivity contribution in [2.75, 3.05) is 0 Å². The predicted molar refractivity (Wildman–Crippen MR) is 89.1 cm³/mol. The van der Waals surface area contributed by atoms with Gasteiger partial charge in [-0.25, -0.2) is 0 Å². The van der Waals surface area contributed by atoms with Gasteiger partial charge in [0.2, 0.25) is 0 Å². The van der Waals surface area contributed by atoms with Crippen LogP contribution in [0.4, 0.5) is 0 Å². The van der Waals surface area contributed by atoms with E-state index in [-0.39, 0.29) is 6.04 Å². The third-order valence-corrected chi connectivity index (χ3v) is 3.75. The molecule has 21 heavy (non-hydrogen) atoms. The van der Waals surface area contributed by atoms with Gasteiger partial charge in [-0.1, -0.05) is 78.4 Å². The topological polar surface area (TPSA) is 26.0 Å². The van der Waals surface area contributed by atoms with Crippen molar-refractivity contribution in [3.05, 3.63) is 95.6 Å². The minimum Gasteiger partial charge on any atom is -0.320 e. The molecule has 0 spiro atoms. The molecule has 0 bridgehead atoms. The van der Waals surface area contributed by atoms with Gasteiger partial charge in [0.1, 0.15) is 0 Å². The van der Waals surface area contributed by atoms with Crippen molar-refractivity contribution in [2.45, 2.75) is 13.0 Å². The summed E-state index contributed by atoms with van der Waals surface area (Å²) in [5.74, 6) is 0. The van der Waals surface area contributed by atoms with Crippen molar-refractivity contribution < 1.29 is 0 Å². The molecule has 3 rings (SSSR count). The highest BCUT2D eigenvalue weighted by Crippen LogP contribution is 2.25. The maximum absolute atomic E-state index is 6.43. The first-order chi connectivity index (χ1) is 10.2. The molecule has 0 saturated carbocycles. The van der Waals surface area contributed by atoms with E-state index in [1.165, 1.54) is 16.7 Å². The first-order valence-corrected chi connectivity index (χ1v) is 7.21. The van der Waals surface area contributed by atoms with Crippen LogP contribution in [-0.2, 0) is 0 Å². The molecule has 2 N–H and O–H groups in total. The van der Waals surface area contributed by atoms with Crippen LogP contribution in [0.3, 0.4) is 0 Å². The largest absolute Gasteiger partial charge is 0.320 e. The van der Waals surface area contributed by atoms with Gasteiger partial charge in [-0.3, -0.25) is 0 Å². The summed E-state index contributed by atoms with van der Waals surface area (Å²) in [5.41, 5.74) is 12.4. The summed E-state index contributed by atoms with van der Waals surface area (Å²) in [6.07, 6.45) is 0. The Labute approximate surface area is 126 Å². The summed E-state index contributed by atoms with van der Waals surface area (Å²) in [6.45, 7) is 2.09. The van der Waals surface area contributed by atoms with Crippen LogP contribution in [0, 0.1) is 6.92 Å². The molecule has 0 saturated heterocycles. The van der Waals surface area contributed by atoms with Crippen LogP contribution in [0.5, 0.6) is 0 Å². The number of hydrogen-bond donors (Lipinski definition) is 1. The molecule has 0 heterocycles. The molecule has 0 fully saturated rings. The van der Waals surface area contributed by atoms with E-state index in [0.717, 1.165) is 11.1 Å². The van der Waals surface area contributed by atoms with Gasteiger partial charge in [-0.05, 0) is 35.2 Å². The highest BCUT2D eigenvalue weighted by atomic mass is 14.6. The van der Waals surface area contributed by atoms with Crippen LogP contribution in [0.25, 0.3) is 11.1 Å². The monoisotopic (exact) mass is 273 g/mol. The molecule has 3 aromatic carbocycles. The lowest BCUT2D eigenvalue weighted by Gasteiger charge is -2.14. The van der Waals surface area contributed by atoms with Gasteiger partial charge in [0.25, 0.3) is 0 Å². The first-order valence-electron chi connectivity index (χ1n) is 7.21. The molecular formula is C20H19N. The minimum atomic E-state index is -0.0893. The van der Waals surface area contributed by atoms with Crippen molar-refractivity contribution in [3.8, 4) is 11.1 Å². The summed E-state index contributed by atoms with van der Waals surface area (Å²) >= 11 is 0. The van der Waals surface area contributed by atoms with Gasteiger partial charge in [-0.2, -0.15) is 0 Å². The van der Waals surface area contributed by atoms with E-state index in [1.807, 2.05) is 6.07 Å². The number of rotatable bonds is 3. The average molecular weight is 273 g/mol. The van der Waals surface area contributed by atoms with Gasteiger partial charge in [0, 0.05) is 0 Å². The summed E-state index contributed by atoms with van der Waals surface area (Å²) in [6, 6.07) is 27.2. The van der Waals surface area contributed by atoms with Crippen molar-refractivity contribution in [1.29, 1.82) is 0 Å². The molecule has 1 nitrogen and oxygen atoms in total. The normalized spacial score (nSPS) is 12.1. The molecule has 0 aromatic heterocycles. The van der Waals surface area contributed by atoms with Crippen LogP contribution in [-0.4, -0.2) is 0 Å². The highest BCUT2D eigenvalue weighted by molar-refractivity contribution is 5.64. The second-order valence-electron chi connectivity index (χ2n) is 5.38. The van der Waals surface area contributed by atoms with Gasteiger partial charge < -0.3 is 5.73 Å². The third kappa shape index (κ3) is 3.04. The summed E-state index contributed by atoms with van der Waals surface area (Å²) in [7, 11) is 0. The average Bonchev–Trinajstić information content (AvgIpc) is 2.55. The Morgan fingerprint density at radius 2 is 1.29 bits per heavy atom. The summed E-state index contributed by atoms with van der Waals surface area (Å²) in [5, 5.41) is 0. The first kappa shape index (κ1) is 13.6. The zero-order chi connectivity index (χ0) is 14.7. The van der Waals surface area contributed by atoms with Crippen LogP contribution >= 0.6 is 0 Å². The number of aryl methyl sites for hydroxylation is 1.